The number of nitrogens with zero attached hydrogens (tertiary/aromatic N) is 2. The molecular weight excluding hydrogens is 280 g/mol. The molecule has 1 amide bonds. The van der Waals surface area contributed by atoms with E-state index in [4.69, 9.17) is 9.84 Å². The molecular formula is C13H16N2O4S. The maximum Gasteiger partial charge on any atom is 0.410 e. The number of aromatic nitrogens is 1. The molecule has 0 aromatic carbocycles. The Balaban J connectivity index is 2.56. The summed E-state index contributed by atoms with van der Waals surface area (Å²) >= 11 is 1.15. The highest BCUT2D eigenvalue weighted by Gasteiger charge is 2.18. The van der Waals surface area contributed by atoms with Gasteiger partial charge >= 0.3 is 12.1 Å². The van der Waals surface area contributed by atoms with Crippen LogP contribution in [0.3, 0.4) is 0 Å². The van der Waals surface area contributed by atoms with Crippen molar-refractivity contribution >= 4 is 23.4 Å². The molecule has 0 atom stereocenters. The van der Waals surface area contributed by atoms with Crippen molar-refractivity contribution < 1.29 is 19.4 Å². The van der Waals surface area contributed by atoms with Crippen LogP contribution in [0.1, 0.15) is 36.3 Å². The lowest BCUT2D eigenvalue weighted by molar-refractivity contribution is 0.0320. The van der Waals surface area contributed by atoms with Gasteiger partial charge in [-0.25, -0.2) is 14.6 Å². The van der Waals surface area contributed by atoms with Crippen LogP contribution < -0.4 is 0 Å². The first-order valence-electron chi connectivity index (χ1n) is 5.81. The molecule has 0 spiro atoms. The van der Waals surface area contributed by atoms with E-state index in [1.54, 1.807) is 27.8 Å². The van der Waals surface area contributed by atoms with Crippen molar-refractivity contribution in [3.8, 4) is 11.8 Å². The molecule has 7 heteroatoms. The number of carboxylic acids is 1. The molecule has 0 aliphatic rings. The van der Waals surface area contributed by atoms with Crippen molar-refractivity contribution in [1.29, 1.82) is 0 Å². The van der Waals surface area contributed by atoms with Gasteiger partial charge in [-0.1, -0.05) is 5.92 Å². The average molecular weight is 296 g/mol. The third kappa shape index (κ3) is 5.28. The third-order valence-corrected chi connectivity index (χ3v) is 2.70. The second kappa shape index (κ2) is 6.39. The third-order valence-electron chi connectivity index (χ3n) is 1.94. The second-order valence-corrected chi connectivity index (χ2v) is 5.84. The summed E-state index contributed by atoms with van der Waals surface area (Å²) < 4.78 is 5.17. The number of aromatic carboxylic acids is 1. The van der Waals surface area contributed by atoms with Gasteiger partial charge in [0.1, 0.15) is 5.60 Å². The summed E-state index contributed by atoms with van der Waals surface area (Å²) in [7, 11) is 1.58. The summed E-state index contributed by atoms with van der Waals surface area (Å²) in [4.78, 5) is 27.4. The molecule has 0 aliphatic carbocycles. The van der Waals surface area contributed by atoms with E-state index in [0.717, 1.165) is 11.3 Å². The smallest absolute Gasteiger partial charge is 0.410 e. The fraction of sp³-hybridized carbons (Fsp3) is 0.462. The van der Waals surface area contributed by atoms with E-state index in [1.165, 1.54) is 10.3 Å². The van der Waals surface area contributed by atoms with Crippen LogP contribution >= 0.6 is 11.3 Å². The summed E-state index contributed by atoms with van der Waals surface area (Å²) in [6.07, 6.45) is -0.461. The highest BCUT2D eigenvalue weighted by atomic mass is 32.1. The van der Waals surface area contributed by atoms with Gasteiger partial charge in [0, 0.05) is 12.4 Å². The molecule has 0 unspecified atom stereocenters. The van der Waals surface area contributed by atoms with E-state index in [2.05, 4.69) is 16.8 Å². The lowest BCUT2D eigenvalue weighted by Crippen LogP contribution is -2.34. The van der Waals surface area contributed by atoms with Crippen LogP contribution in [-0.4, -0.2) is 46.2 Å². The first-order chi connectivity index (χ1) is 9.19. The predicted octanol–water partition coefficient (Wildman–Crippen LogP) is 2.06. The van der Waals surface area contributed by atoms with Crippen LogP contribution in [0.25, 0.3) is 0 Å². The van der Waals surface area contributed by atoms with Crippen LogP contribution in [0.2, 0.25) is 0 Å². The van der Waals surface area contributed by atoms with Crippen molar-refractivity contribution in [2.45, 2.75) is 26.4 Å². The van der Waals surface area contributed by atoms with Gasteiger partial charge in [0.05, 0.1) is 6.54 Å². The zero-order chi connectivity index (χ0) is 15.3. The topological polar surface area (TPSA) is 79.7 Å². The number of hydrogen-bond donors (Lipinski definition) is 1. The Hall–Kier alpha value is -2.07. The molecule has 20 heavy (non-hydrogen) atoms. The van der Waals surface area contributed by atoms with Gasteiger partial charge in [0.25, 0.3) is 0 Å². The second-order valence-electron chi connectivity index (χ2n) is 4.98. The fourth-order valence-corrected chi connectivity index (χ4v) is 1.73. The molecule has 1 aromatic rings. The molecule has 1 heterocycles. The minimum Gasteiger partial charge on any atom is -0.476 e. The molecule has 1 rings (SSSR count). The highest BCUT2D eigenvalue weighted by Crippen LogP contribution is 2.09. The number of ether oxygens (including phenoxy) is 1. The number of carboxylic acid groups (broad SMARTS) is 1. The van der Waals surface area contributed by atoms with E-state index < -0.39 is 17.7 Å². The standard InChI is InChI=1S/C13H16N2O4S/c1-13(2,3)19-12(18)15(4)7-5-6-10-14-9(8-20-10)11(16)17/h8H,7H2,1-4H3,(H,16,17). The fourth-order valence-electron chi connectivity index (χ4n) is 1.07. The van der Waals surface area contributed by atoms with Gasteiger partial charge in [-0.15, -0.1) is 11.3 Å². The van der Waals surface area contributed by atoms with E-state index >= 15 is 0 Å². The lowest BCUT2D eigenvalue weighted by atomic mass is 10.2. The summed E-state index contributed by atoms with van der Waals surface area (Å²) in [6, 6.07) is 0. The molecule has 1 N–H and O–H groups in total. The monoisotopic (exact) mass is 296 g/mol. The summed E-state index contributed by atoms with van der Waals surface area (Å²) in [6.45, 7) is 5.53. The van der Waals surface area contributed by atoms with Gasteiger partial charge in [0.2, 0.25) is 0 Å². The first-order valence-corrected chi connectivity index (χ1v) is 6.69. The zero-order valence-corrected chi connectivity index (χ0v) is 12.6. The van der Waals surface area contributed by atoms with Gasteiger partial charge in [-0.3, -0.25) is 0 Å². The Labute approximate surface area is 121 Å². The normalized spacial score (nSPS) is 10.4. The van der Waals surface area contributed by atoms with Crippen molar-refractivity contribution in [2.75, 3.05) is 13.6 Å². The Morgan fingerprint density at radius 1 is 1.50 bits per heavy atom. The zero-order valence-electron chi connectivity index (χ0n) is 11.8. The Kier molecular flexibility index (Phi) is 5.11. The van der Waals surface area contributed by atoms with E-state index in [9.17, 15) is 9.59 Å². The molecule has 0 bridgehead atoms. The summed E-state index contributed by atoms with van der Waals surface area (Å²) in [5, 5.41) is 10.5. The minimum atomic E-state index is -1.08. The number of amides is 1. The largest absolute Gasteiger partial charge is 0.476 e. The Morgan fingerprint density at radius 3 is 2.65 bits per heavy atom. The van der Waals surface area contributed by atoms with Crippen molar-refractivity contribution in [2.24, 2.45) is 0 Å². The van der Waals surface area contributed by atoms with Crippen molar-refractivity contribution in [1.82, 2.24) is 9.88 Å². The van der Waals surface area contributed by atoms with Gasteiger partial charge in [0.15, 0.2) is 10.7 Å². The summed E-state index contributed by atoms with van der Waals surface area (Å²) in [5.41, 5.74) is -0.579. The molecule has 6 nitrogen and oxygen atoms in total. The number of rotatable bonds is 2. The van der Waals surface area contributed by atoms with Crippen molar-refractivity contribution in [3.63, 3.8) is 0 Å². The van der Waals surface area contributed by atoms with Crippen LogP contribution in [0, 0.1) is 11.8 Å². The number of thiazole rings is 1. The van der Waals surface area contributed by atoms with Crippen molar-refractivity contribution in [3.05, 3.63) is 16.1 Å². The molecule has 108 valence electrons. The molecule has 0 aliphatic heterocycles. The molecule has 0 fully saturated rings. The van der Waals surface area contributed by atoms with Gasteiger partial charge < -0.3 is 14.7 Å². The number of hydrogen-bond acceptors (Lipinski definition) is 5. The van der Waals surface area contributed by atoms with Gasteiger partial charge in [-0.05, 0) is 26.7 Å². The highest BCUT2D eigenvalue weighted by molar-refractivity contribution is 7.10. The quantitative estimate of drug-likeness (QED) is 0.845. The maximum atomic E-state index is 11.6. The Bertz CT molecular complexity index is 563. The predicted molar refractivity (Wildman–Crippen MR) is 74.8 cm³/mol. The van der Waals surface area contributed by atoms with E-state index in [-0.39, 0.29) is 12.2 Å². The van der Waals surface area contributed by atoms with E-state index in [1.807, 2.05) is 0 Å². The molecule has 0 saturated heterocycles. The summed E-state index contributed by atoms with van der Waals surface area (Å²) in [5.74, 6) is 4.38. The SMILES string of the molecule is CN(CC#Cc1nc(C(=O)O)cs1)C(=O)OC(C)(C)C. The van der Waals surface area contributed by atoms with Crippen LogP contribution in [-0.2, 0) is 4.74 Å². The molecule has 1 aromatic heterocycles. The molecule has 0 saturated carbocycles. The van der Waals surface area contributed by atoms with E-state index in [0.29, 0.717) is 5.01 Å². The number of carbonyl (C=O) groups is 2. The van der Waals surface area contributed by atoms with Crippen LogP contribution in [0.4, 0.5) is 4.79 Å². The lowest BCUT2D eigenvalue weighted by Gasteiger charge is -2.23. The minimum absolute atomic E-state index is 0.0280. The maximum absolute atomic E-state index is 11.6. The average Bonchev–Trinajstić information content (AvgIpc) is 2.75. The van der Waals surface area contributed by atoms with Crippen LogP contribution in [0.5, 0.6) is 0 Å². The number of carbonyl (C=O) groups excluding carboxylic acids is 1. The first kappa shape index (κ1) is 16.0. The van der Waals surface area contributed by atoms with Crippen LogP contribution in [0.15, 0.2) is 5.38 Å². The molecule has 0 radical (unpaired) electrons. The van der Waals surface area contributed by atoms with Gasteiger partial charge in [-0.2, -0.15) is 0 Å². The Morgan fingerprint density at radius 2 is 2.15 bits per heavy atom.